The van der Waals surface area contributed by atoms with Gasteiger partial charge >= 0.3 is 5.69 Å². The quantitative estimate of drug-likeness (QED) is 0.829. The molecule has 1 amide bonds. The van der Waals surface area contributed by atoms with Crippen LogP contribution >= 0.6 is 0 Å². The van der Waals surface area contributed by atoms with Crippen LogP contribution < -0.4 is 10.6 Å². The third kappa shape index (κ3) is 2.63. The van der Waals surface area contributed by atoms with E-state index >= 15 is 0 Å². The number of amides is 1. The fourth-order valence-electron chi connectivity index (χ4n) is 2.32. The minimum Gasteiger partial charge on any atom is -0.308 e. The van der Waals surface area contributed by atoms with E-state index < -0.39 is 0 Å². The first-order valence-electron chi connectivity index (χ1n) is 7.01. The average Bonchev–Trinajstić information content (AvgIpc) is 3.31. The first-order chi connectivity index (χ1) is 10.6. The summed E-state index contributed by atoms with van der Waals surface area (Å²) in [5.41, 5.74) is 0.979. The number of benzene rings is 1. The highest BCUT2D eigenvalue weighted by atomic mass is 16.2. The lowest BCUT2D eigenvalue weighted by molar-refractivity contribution is -0.119. The molecular formula is C15H15N5O2. The first kappa shape index (κ1) is 14.1. The van der Waals surface area contributed by atoms with Crippen molar-refractivity contribution < 1.29 is 4.79 Å². The third-order valence-electron chi connectivity index (χ3n) is 3.63. The SMILES string of the molecule is Cn1cnn(CC(=O)N(c2ccc(C#N)cc2)C2CC2)c1=O. The Morgan fingerprint density at radius 2 is 2.09 bits per heavy atom. The van der Waals surface area contributed by atoms with Gasteiger partial charge in [-0.1, -0.05) is 0 Å². The highest BCUT2D eigenvalue weighted by Gasteiger charge is 2.34. The van der Waals surface area contributed by atoms with E-state index in [9.17, 15) is 9.59 Å². The van der Waals surface area contributed by atoms with Crippen LogP contribution in [0.3, 0.4) is 0 Å². The standard InChI is InChI=1S/C15H15N5O2/c1-18-10-17-19(15(18)22)9-14(21)20(13-6-7-13)12-4-2-11(8-16)3-5-12/h2-5,10,13H,6-7,9H2,1H3. The molecule has 2 aromatic rings. The average molecular weight is 297 g/mol. The van der Waals surface area contributed by atoms with Crippen LogP contribution in [0.15, 0.2) is 35.4 Å². The number of nitriles is 1. The molecule has 0 atom stereocenters. The molecule has 1 saturated carbocycles. The summed E-state index contributed by atoms with van der Waals surface area (Å²) in [6.45, 7) is -0.0871. The lowest BCUT2D eigenvalue weighted by Gasteiger charge is -2.22. The fraction of sp³-hybridized carbons (Fsp3) is 0.333. The summed E-state index contributed by atoms with van der Waals surface area (Å²) in [5.74, 6) is -0.173. The molecule has 1 heterocycles. The van der Waals surface area contributed by atoms with Crippen molar-refractivity contribution in [2.75, 3.05) is 4.90 Å². The topological polar surface area (TPSA) is 83.9 Å². The van der Waals surface area contributed by atoms with Crippen LogP contribution in [-0.4, -0.2) is 26.3 Å². The van der Waals surface area contributed by atoms with Gasteiger partial charge in [0.25, 0.3) is 0 Å². The fourth-order valence-corrected chi connectivity index (χ4v) is 2.32. The maximum atomic E-state index is 12.6. The van der Waals surface area contributed by atoms with Crippen LogP contribution in [0.1, 0.15) is 18.4 Å². The molecule has 1 aromatic heterocycles. The van der Waals surface area contributed by atoms with E-state index in [4.69, 9.17) is 5.26 Å². The summed E-state index contributed by atoms with van der Waals surface area (Å²) < 4.78 is 2.48. The smallest absolute Gasteiger partial charge is 0.308 e. The van der Waals surface area contributed by atoms with Crippen molar-refractivity contribution in [1.82, 2.24) is 14.3 Å². The minimum absolute atomic E-state index is 0.0871. The predicted molar refractivity (Wildman–Crippen MR) is 79.1 cm³/mol. The van der Waals surface area contributed by atoms with Gasteiger partial charge < -0.3 is 4.90 Å². The molecule has 0 saturated heterocycles. The number of aromatic nitrogens is 3. The number of anilines is 1. The van der Waals surface area contributed by atoms with Gasteiger partial charge in [0, 0.05) is 18.8 Å². The second-order valence-electron chi connectivity index (χ2n) is 5.34. The molecule has 22 heavy (non-hydrogen) atoms. The largest absolute Gasteiger partial charge is 0.345 e. The Labute approximate surface area is 127 Å². The molecule has 0 radical (unpaired) electrons. The van der Waals surface area contributed by atoms with Crippen LogP contribution in [0, 0.1) is 11.3 Å². The predicted octanol–water partition coefficient (Wildman–Crippen LogP) is 0.649. The molecule has 0 N–H and O–H groups in total. The molecule has 1 aromatic carbocycles. The van der Waals surface area contributed by atoms with E-state index in [0.29, 0.717) is 5.56 Å². The number of hydrogen-bond acceptors (Lipinski definition) is 4. The van der Waals surface area contributed by atoms with E-state index in [0.717, 1.165) is 23.2 Å². The van der Waals surface area contributed by atoms with Crippen LogP contribution in [0.5, 0.6) is 0 Å². The number of carbonyl (C=O) groups excluding carboxylic acids is 1. The van der Waals surface area contributed by atoms with Gasteiger partial charge in [-0.2, -0.15) is 10.4 Å². The molecule has 112 valence electrons. The van der Waals surface area contributed by atoms with Gasteiger partial charge in [-0.3, -0.25) is 9.36 Å². The van der Waals surface area contributed by atoms with Gasteiger partial charge in [0.15, 0.2) is 0 Å². The summed E-state index contributed by atoms with van der Waals surface area (Å²) in [6.07, 6.45) is 3.28. The van der Waals surface area contributed by atoms with E-state index in [1.165, 1.54) is 10.9 Å². The van der Waals surface area contributed by atoms with Crippen LogP contribution in [0.2, 0.25) is 0 Å². The molecule has 7 heteroatoms. The van der Waals surface area contributed by atoms with Crippen molar-refractivity contribution >= 4 is 11.6 Å². The van der Waals surface area contributed by atoms with Crippen molar-refractivity contribution in [3.63, 3.8) is 0 Å². The molecule has 0 aliphatic heterocycles. The van der Waals surface area contributed by atoms with Crippen molar-refractivity contribution in [2.24, 2.45) is 7.05 Å². The van der Waals surface area contributed by atoms with E-state index in [-0.39, 0.29) is 24.2 Å². The lowest BCUT2D eigenvalue weighted by atomic mass is 10.2. The van der Waals surface area contributed by atoms with Crippen LogP contribution in [0.4, 0.5) is 5.69 Å². The van der Waals surface area contributed by atoms with Gasteiger partial charge in [0.1, 0.15) is 12.9 Å². The Morgan fingerprint density at radius 3 is 2.59 bits per heavy atom. The monoisotopic (exact) mass is 297 g/mol. The molecule has 3 rings (SSSR count). The Hall–Kier alpha value is -2.88. The van der Waals surface area contributed by atoms with Crippen molar-refractivity contribution in [1.29, 1.82) is 5.26 Å². The summed E-state index contributed by atoms with van der Waals surface area (Å²) in [5, 5.41) is 12.8. The zero-order valence-corrected chi connectivity index (χ0v) is 12.1. The van der Waals surface area contributed by atoms with Crippen molar-refractivity contribution in [2.45, 2.75) is 25.4 Å². The molecular weight excluding hydrogens is 282 g/mol. The zero-order valence-electron chi connectivity index (χ0n) is 12.1. The molecule has 1 aliphatic carbocycles. The number of rotatable bonds is 4. The second kappa shape index (κ2) is 5.48. The van der Waals surface area contributed by atoms with Crippen LogP contribution in [-0.2, 0) is 18.4 Å². The summed E-state index contributed by atoms with van der Waals surface area (Å²) in [6, 6.07) is 9.11. The Balaban J connectivity index is 1.84. The Kier molecular flexibility index (Phi) is 3.51. The van der Waals surface area contributed by atoms with Gasteiger partial charge in [-0.25, -0.2) is 9.48 Å². The lowest BCUT2D eigenvalue weighted by Crippen LogP contribution is -2.38. The van der Waals surface area contributed by atoms with E-state index in [2.05, 4.69) is 11.2 Å². The van der Waals surface area contributed by atoms with Crippen molar-refractivity contribution in [3.05, 3.63) is 46.6 Å². The highest BCUT2D eigenvalue weighted by Crippen LogP contribution is 2.32. The summed E-state index contributed by atoms with van der Waals surface area (Å²) in [4.78, 5) is 26.0. The van der Waals surface area contributed by atoms with Gasteiger partial charge in [0.2, 0.25) is 5.91 Å². The van der Waals surface area contributed by atoms with Crippen molar-refractivity contribution in [3.8, 4) is 6.07 Å². The third-order valence-corrected chi connectivity index (χ3v) is 3.63. The second-order valence-corrected chi connectivity index (χ2v) is 5.34. The first-order valence-corrected chi connectivity index (χ1v) is 7.01. The van der Waals surface area contributed by atoms with Crippen LogP contribution in [0.25, 0.3) is 0 Å². The Bertz CT molecular complexity index is 793. The number of carbonyl (C=O) groups is 1. The number of nitrogens with zero attached hydrogens (tertiary/aromatic N) is 5. The maximum Gasteiger partial charge on any atom is 0.345 e. The minimum atomic E-state index is -0.316. The molecule has 1 aliphatic rings. The van der Waals surface area contributed by atoms with Gasteiger partial charge in [-0.05, 0) is 37.1 Å². The molecule has 1 fully saturated rings. The number of hydrogen-bond donors (Lipinski definition) is 0. The molecule has 0 unspecified atom stereocenters. The maximum absolute atomic E-state index is 12.6. The highest BCUT2D eigenvalue weighted by molar-refractivity contribution is 5.94. The molecule has 7 nitrogen and oxygen atoms in total. The summed E-state index contributed by atoms with van der Waals surface area (Å²) in [7, 11) is 1.59. The van der Waals surface area contributed by atoms with E-state index in [1.807, 2.05) is 0 Å². The summed E-state index contributed by atoms with van der Waals surface area (Å²) >= 11 is 0. The molecule has 0 spiro atoms. The Morgan fingerprint density at radius 1 is 1.41 bits per heavy atom. The van der Waals surface area contributed by atoms with Gasteiger partial charge in [-0.15, -0.1) is 0 Å². The van der Waals surface area contributed by atoms with E-state index in [1.54, 1.807) is 36.2 Å². The van der Waals surface area contributed by atoms with Gasteiger partial charge in [0.05, 0.1) is 11.6 Å². The number of aryl methyl sites for hydroxylation is 1. The zero-order chi connectivity index (χ0) is 15.7. The normalized spacial score (nSPS) is 13.6. The molecule has 0 bridgehead atoms.